The maximum absolute atomic E-state index is 9.83. The summed E-state index contributed by atoms with van der Waals surface area (Å²) in [7, 11) is 1.69. The molecule has 3 heteroatoms. The van der Waals surface area contributed by atoms with Crippen LogP contribution in [0.15, 0.2) is 97.1 Å². The van der Waals surface area contributed by atoms with Crippen molar-refractivity contribution in [3.63, 3.8) is 0 Å². The van der Waals surface area contributed by atoms with Crippen molar-refractivity contribution < 1.29 is 14.6 Å². The minimum absolute atomic E-state index is 0.282. The number of hydrogen-bond donors (Lipinski definition) is 1. The van der Waals surface area contributed by atoms with Crippen LogP contribution in [0.4, 0.5) is 0 Å². The highest BCUT2D eigenvalue weighted by molar-refractivity contribution is 6.00. The molecule has 0 amide bonds. The molecule has 0 atom stereocenters. The molecule has 0 spiro atoms. The van der Waals surface area contributed by atoms with Gasteiger partial charge in [0.05, 0.1) is 7.11 Å². The summed E-state index contributed by atoms with van der Waals surface area (Å²) in [6, 6.07) is 32.5. The molecule has 1 aliphatic rings. The highest BCUT2D eigenvalue weighted by atomic mass is 16.5. The summed E-state index contributed by atoms with van der Waals surface area (Å²) in [5.41, 5.74) is 8.51. The summed E-state index contributed by atoms with van der Waals surface area (Å²) in [6.45, 7) is 0.555. The van der Waals surface area contributed by atoms with E-state index in [1.54, 1.807) is 19.2 Å². The monoisotopic (exact) mass is 448 g/mol. The van der Waals surface area contributed by atoms with Crippen LogP contribution in [-0.4, -0.2) is 12.2 Å². The van der Waals surface area contributed by atoms with Crippen LogP contribution in [0, 0.1) is 0 Å². The number of ether oxygens (including phenoxy) is 2. The second-order valence-electron chi connectivity index (χ2n) is 8.58. The lowest BCUT2D eigenvalue weighted by Gasteiger charge is -2.18. The third-order valence-corrected chi connectivity index (χ3v) is 6.36. The van der Waals surface area contributed by atoms with Gasteiger partial charge >= 0.3 is 0 Å². The van der Waals surface area contributed by atoms with Crippen LogP contribution in [-0.2, 0) is 13.0 Å². The number of phenolic OH excluding ortho intramolecular Hbond substituents is 1. The van der Waals surface area contributed by atoms with E-state index in [9.17, 15) is 5.11 Å². The molecule has 1 aliphatic carbocycles. The molecule has 5 rings (SSSR count). The predicted molar refractivity (Wildman–Crippen MR) is 137 cm³/mol. The molecular formula is C31H28O3. The van der Waals surface area contributed by atoms with E-state index in [1.807, 2.05) is 42.5 Å². The van der Waals surface area contributed by atoms with E-state index in [-0.39, 0.29) is 5.75 Å². The Balaban J connectivity index is 1.57. The Labute approximate surface area is 200 Å². The Morgan fingerprint density at radius 3 is 2.18 bits per heavy atom. The first-order chi connectivity index (χ1) is 16.7. The van der Waals surface area contributed by atoms with Gasteiger partial charge in [0.2, 0.25) is 0 Å². The molecule has 3 nitrogen and oxygen atoms in total. The van der Waals surface area contributed by atoms with Crippen LogP contribution in [0.5, 0.6) is 17.2 Å². The molecule has 0 fully saturated rings. The van der Waals surface area contributed by atoms with E-state index >= 15 is 0 Å². The van der Waals surface area contributed by atoms with Crippen LogP contribution in [0.25, 0.3) is 11.1 Å². The van der Waals surface area contributed by atoms with Crippen molar-refractivity contribution in [1.82, 2.24) is 0 Å². The quantitative estimate of drug-likeness (QED) is 0.337. The summed E-state index contributed by atoms with van der Waals surface area (Å²) in [6.07, 6.45) is 2.99. The van der Waals surface area contributed by atoms with Crippen LogP contribution < -0.4 is 9.47 Å². The van der Waals surface area contributed by atoms with Gasteiger partial charge in [-0.15, -0.1) is 0 Å². The third kappa shape index (κ3) is 4.69. The topological polar surface area (TPSA) is 38.7 Å². The second kappa shape index (κ2) is 9.88. The van der Waals surface area contributed by atoms with Gasteiger partial charge in [-0.25, -0.2) is 0 Å². The number of benzene rings is 4. The van der Waals surface area contributed by atoms with Gasteiger partial charge in [-0.05, 0) is 94.6 Å². The standard InChI is InChI=1S/C31H28O3/c1-33-27-16-12-24(13-17-27)31-29(23-10-14-26(32)15-11-23)9-5-8-25-20-28(18-19-30(25)31)34-21-22-6-3-2-4-7-22/h2-4,6-7,10-20,32H,5,8-9,21H2,1H3. The van der Waals surface area contributed by atoms with E-state index in [0.29, 0.717) is 6.61 Å². The summed E-state index contributed by atoms with van der Waals surface area (Å²) in [4.78, 5) is 0. The highest BCUT2D eigenvalue weighted by Gasteiger charge is 2.21. The van der Waals surface area contributed by atoms with Gasteiger partial charge in [-0.1, -0.05) is 60.7 Å². The van der Waals surface area contributed by atoms with Crippen molar-refractivity contribution in [2.45, 2.75) is 25.9 Å². The fourth-order valence-corrected chi connectivity index (χ4v) is 4.63. The average molecular weight is 449 g/mol. The molecule has 0 saturated heterocycles. The molecule has 0 radical (unpaired) electrons. The van der Waals surface area contributed by atoms with E-state index in [4.69, 9.17) is 9.47 Å². The molecule has 170 valence electrons. The number of aromatic hydroxyl groups is 1. The minimum Gasteiger partial charge on any atom is -0.508 e. The Morgan fingerprint density at radius 1 is 0.735 bits per heavy atom. The summed E-state index contributed by atoms with van der Waals surface area (Å²) >= 11 is 0. The van der Waals surface area contributed by atoms with Crippen molar-refractivity contribution in [3.8, 4) is 17.2 Å². The van der Waals surface area contributed by atoms with Gasteiger partial charge in [0.1, 0.15) is 23.9 Å². The molecule has 0 saturated carbocycles. The number of hydrogen-bond acceptors (Lipinski definition) is 3. The summed E-state index contributed by atoms with van der Waals surface area (Å²) in [5, 5.41) is 9.83. The fraction of sp³-hybridized carbons (Fsp3) is 0.161. The normalized spacial score (nSPS) is 13.2. The first-order valence-corrected chi connectivity index (χ1v) is 11.7. The maximum Gasteiger partial charge on any atom is 0.120 e. The van der Waals surface area contributed by atoms with Crippen molar-refractivity contribution in [2.75, 3.05) is 7.11 Å². The molecule has 0 unspecified atom stereocenters. The largest absolute Gasteiger partial charge is 0.508 e. The molecule has 4 aromatic carbocycles. The van der Waals surface area contributed by atoms with Gasteiger partial charge in [-0.2, -0.15) is 0 Å². The zero-order valence-corrected chi connectivity index (χ0v) is 19.3. The average Bonchev–Trinajstić information content (AvgIpc) is 3.08. The molecule has 0 aliphatic heterocycles. The molecule has 0 aromatic heterocycles. The van der Waals surface area contributed by atoms with Gasteiger partial charge in [-0.3, -0.25) is 0 Å². The van der Waals surface area contributed by atoms with Gasteiger partial charge < -0.3 is 14.6 Å². The van der Waals surface area contributed by atoms with Gasteiger partial charge in [0.25, 0.3) is 0 Å². The van der Waals surface area contributed by atoms with Crippen LogP contribution in [0.3, 0.4) is 0 Å². The van der Waals surface area contributed by atoms with E-state index in [1.165, 1.54) is 22.3 Å². The number of aryl methyl sites for hydroxylation is 1. The first kappa shape index (κ1) is 21.8. The van der Waals surface area contributed by atoms with Crippen molar-refractivity contribution in [3.05, 3.63) is 125 Å². The second-order valence-corrected chi connectivity index (χ2v) is 8.58. The molecule has 0 heterocycles. The number of rotatable bonds is 6. The first-order valence-electron chi connectivity index (χ1n) is 11.7. The molecule has 0 bridgehead atoms. The van der Waals surface area contributed by atoms with Crippen LogP contribution >= 0.6 is 0 Å². The lowest BCUT2D eigenvalue weighted by Crippen LogP contribution is -1.99. The molecule has 4 aromatic rings. The Morgan fingerprint density at radius 2 is 1.44 bits per heavy atom. The van der Waals surface area contributed by atoms with Crippen molar-refractivity contribution in [2.24, 2.45) is 0 Å². The molecular weight excluding hydrogens is 420 g/mol. The van der Waals surface area contributed by atoms with Gasteiger partial charge in [0, 0.05) is 0 Å². The zero-order chi connectivity index (χ0) is 23.3. The van der Waals surface area contributed by atoms with E-state index in [2.05, 4.69) is 42.5 Å². The smallest absolute Gasteiger partial charge is 0.120 e. The lowest BCUT2D eigenvalue weighted by molar-refractivity contribution is 0.306. The van der Waals surface area contributed by atoms with Crippen LogP contribution in [0.2, 0.25) is 0 Å². The lowest BCUT2D eigenvalue weighted by atomic mass is 9.88. The Kier molecular flexibility index (Phi) is 6.35. The number of fused-ring (bicyclic) bond motifs is 1. The fourth-order valence-electron chi connectivity index (χ4n) is 4.63. The number of allylic oxidation sites excluding steroid dienone is 1. The van der Waals surface area contributed by atoms with Crippen LogP contribution in [0.1, 0.15) is 40.7 Å². The minimum atomic E-state index is 0.282. The molecule has 1 N–H and O–H groups in total. The summed E-state index contributed by atoms with van der Waals surface area (Å²) in [5.74, 6) is 2.02. The number of phenols is 1. The van der Waals surface area contributed by atoms with E-state index < -0.39 is 0 Å². The van der Waals surface area contributed by atoms with Gasteiger partial charge in [0.15, 0.2) is 0 Å². The van der Waals surface area contributed by atoms with E-state index in [0.717, 1.165) is 47.5 Å². The third-order valence-electron chi connectivity index (χ3n) is 6.36. The van der Waals surface area contributed by atoms with Crippen molar-refractivity contribution >= 4 is 11.1 Å². The SMILES string of the molecule is COc1ccc(C2=C(c3ccc(O)cc3)CCCc3cc(OCc4ccccc4)ccc32)cc1. The maximum atomic E-state index is 9.83. The molecule has 34 heavy (non-hydrogen) atoms. The Hall–Kier alpha value is -3.98. The summed E-state index contributed by atoms with van der Waals surface area (Å²) < 4.78 is 11.5. The Bertz CT molecular complexity index is 1290. The predicted octanol–water partition coefficient (Wildman–Crippen LogP) is 7.28. The highest BCUT2D eigenvalue weighted by Crippen LogP contribution is 2.41. The number of methoxy groups -OCH3 is 1. The zero-order valence-electron chi connectivity index (χ0n) is 19.3. The van der Waals surface area contributed by atoms with Crippen molar-refractivity contribution in [1.29, 1.82) is 0 Å².